The summed E-state index contributed by atoms with van der Waals surface area (Å²) in [5, 5.41) is 131. The minimum absolute atomic E-state index is 0.0343. The van der Waals surface area contributed by atoms with Crippen molar-refractivity contribution in [2.24, 2.45) is 51.2 Å². The molecule has 0 bridgehead atoms. The normalized spacial score (nSPS) is 54.7. The van der Waals surface area contributed by atoms with E-state index in [2.05, 4.69) is 27.4 Å². The predicted molar refractivity (Wildman–Crippen MR) is 234 cm³/mol. The van der Waals surface area contributed by atoms with Crippen LogP contribution in [0.3, 0.4) is 0 Å². The molecule has 12 N–H and O–H groups in total. The standard InChI is InChI=1S/C48H76O21/c1-18(2)20-13-26(51)48(12-11-45(6)21(29(20)48)14-22(50)39-46(45,7)10-9-25-44(4,5)69-27(15-28(52)53)47(25,39)8)43(62)68-42-36(60)33(57)31(55)24(66-42)17-63-40-37(61)34(58)38(23(16-49)65-40)67-41-35(59)32(56)30(54)19(3)64-41/h19-27,29-42,49-51,54-61H,1,9-17H2,2-8H3,(H,52,53)/t19-,20-,21+,22+,23+,24+,25-,26-,27+,29+,30-,31+,32+,33-,34+,35+,36+,37+,38+,39-,40+,41-,42-,45+,46+,47+,48+/m0/s1. The second-order valence-corrected chi connectivity index (χ2v) is 23.0. The molecule has 0 unspecified atom stereocenters. The molecule has 394 valence electrons. The largest absolute Gasteiger partial charge is 0.481 e. The van der Waals surface area contributed by atoms with E-state index in [1.54, 1.807) is 0 Å². The summed E-state index contributed by atoms with van der Waals surface area (Å²) in [4.78, 5) is 27.3. The summed E-state index contributed by atoms with van der Waals surface area (Å²) in [7, 11) is 0. The van der Waals surface area contributed by atoms with Crippen LogP contribution in [0.15, 0.2) is 12.2 Å². The topological polar surface area (TPSA) is 342 Å². The first-order valence-corrected chi connectivity index (χ1v) is 24.5. The summed E-state index contributed by atoms with van der Waals surface area (Å²) in [5.74, 6) is -3.70. The first-order chi connectivity index (χ1) is 32.1. The number of rotatable bonds is 11. The average molecular weight is 989 g/mol. The second-order valence-electron chi connectivity index (χ2n) is 23.0. The van der Waals surface area contributed by atoms with E-state index >= 15 is 4.79 Å². The van der Waals surface area contributed by atoms with E-state index < -0.39 is 175 Å². The number of carbonyl (C=O) groups excluding carboxylic acids is 1. The van der Waals surface area contributed by atoms with E-state index in [1.165, 1.54) is 6.92 Å². The number of hydrogen-bond acceptors (Lipinski definition) is 20. The highest BCUT2D eigenvalue weighted by molar-refractivity contribution is 5.79. The summed E-state index contributed by atoms with van der Waals surface area (Å²) >= 11 is 0. The third-order valence-electron chi connectivity index (χ3n) is 19.2. The number of aliphatic hydroxyl groups excluding tert-OH is 11. The van der Waals surface area contributed by atoms with Crippen LogP contribution in [0.25, 0.3) is 0 Å². The van der Waals surface area contributed by atoms with Crippen LogP contribution >= 0.6 is 0 Å². The smallest absolute Gasteiger partial charge is 0.317 e. The fourth-order valence-corrected chi connectivity index (χ4v) is 15.6. The van der Waals surface area contributed by atoms with Gasteiger partial charge in [-0.25, -0.2) is 0 Å². The van der Waals surface area contributed by atoms with Gasteiger partial charge in [-0.05, 0) is 107 Å². The lowest BCUT2D eigenvalue weighted by molar-refractivity contribution is -0.361. The zero-order valence-corrected chi connectivity index (χ0v) is 40.4. The van der Waals surface area contributed by atoms with Crippen LogP contribution in [-0.4, -0.2) is 202 Å². The van der Waals surface area contributed by atoms with E-state index in [0.717, 1.165) is 12.0 Å². The zero-order chi connectivity index (χ0) is 50.8. The Bertz CT molecular complexity index is 1920. The number of allylic oxidation sites excluding steroid dienone is 1. The van der Waals surface area contributed by atoms with Gasteiger partial charge in [0, 0.05) is 5.41 Å². The Balaban J connectivity index is 1.00. The molecule has 0 radical (unpaired) electrons. The van der Waals surface area contributed by atoms with Crippen molar-refractivity contribution in [3.05, 3.63) is 12.2 Å². The molecule has 21 nitrogen and oxygen atoms in total. The molecule has 0 aromatic rings. The van der Waals surface area contributed by atoms with Gasteiger partial charge in [-0.2, -0.15) is 0 Å². The molecule has 0 spiro atoms. The lowest BCUT2D eigenvalue weighted by atomic mass is 9.33. The van der Waals surface area contributed by atoms with Crippen molar-refractivity contribution >= 4 is 11.9 Å². The predicted octanol–water partition coefficient (Wildman–Crippen LogP) is -1.56. The molecule has 21 heteroatoms. The van der Waals surface area contributed by atoms with Gasteiger partial charge in [-0.1, -0.05) is 32.9 Å². The molecule has 0 amide bonds. The Hall–Kier alpha value is -2.00. The Labute approximate surface area is 401 Å². The maximum Gasteiger partial charge on any atom is 0.317 e. The molecule has 0 aromatic heterocycles. The van der Waals surface area contributed by atoms with E-state index in [9.17, 15) is 66.1 Å². The minimum atomic E-state index is -1.99. The van der Waals surface area contributed by atoms with Crippen LogP contribution < -0.4 is 0 Å². The first kappa shape index (κ1) is 53.3. The van der Waals surface area contributed by atoms with Crippen LogP contribution in [0.4, 0.5) is 0 Å². The van der Waals surface area contributed by atoms with Gasteiger partial charge in [0.2, 0.25) is 6.29 Å². The number of hydrogen-bond donors (Lipinski definition) is 12. The average Bonchev–Trinajstić information content (AvgIpc) is 3.69. The highest BCUT2D eigenvalue weighted by atomic mass is 16.8. The lowest BCUT2D eigenvalue weighted by Gasteiger charge is -2.71. The van der Waals surface area contributed by atoms with Gasteiger partial charge >= 0.3 is 11.9 Å². The van der Waals surface area contributed by atoms with Gasteiger partial charge in [0.1, 0.15) is 67.1 Å². The summed E-state index contributed by atoms with van der Waals surface area (Å²) in [5.41, 5.74) is -3.33. The fraction of sp³-hybridized carbons (Fsp3) is 0.917. The van der Waals surface area contributed by atoms with Crippen LogP contribution in [0.5, 0.6) is 0 Å². The van der Waals surface area contributed by atoms with Crippen molar-refractivity contribution in [3.8, 4) is 0 Å². The maximum atomic E-state index is 15.0. The van der Waals surface area contributed by atoms with Crippen molar-refractivity contribution in [3.63, 3.8) is 0 Å². The number of fused-ring (bicyclic) bond motifs is 7. The van der Waals surface area contributed by atoms with Gasteiger partial charge in [0.05, 0.1) is 55.1 Å². The van der Waals surface area contributed by atoms with Crippen LogP contribution in [0, 0.1) is 51.2 Å². The number of ether oxygens (including phenoxy) is 7. The van der Waals surface area contributed by atoms with E-state index in [0.29, 0.717) is 12.8 Å². The van der Waals surface area contributed by atoms with Gasteiger partial charge in [0.15, 0.2) is 12.6 Å². The van der Waals surface area contributed by atoms with Gasteiger partial charge < -0.3 is 94.4 Å². The third kappa shape index (κ3) is 8.16. The van der Waals surface area contributed by atoms with Crippen LogP contribution in [0.2, 0.25) is 0 Å². The number of carboxylic acid groups (broad SMARTS) is 1. The van der Waals surface area contributed by atoms with Crippen molar-refractivity contribution in [2.75, 3.05) is 13.2 Å². The molecule has 8 aliphatic rings. The fourth-order valence-electron chi connectivity index (χ4n) is 15.6. The quantitative estimate of drug-likeness (QED) is 0.0822. The number of esters is 1. The molecular weight excluding hydrogens is 913 g/mol. The molecule has 4 heterocycles. The Morgan fingerprint density at radius 1 is 0.725 bits per heavy atom. The highest BCUT2D eigenvalue weighted by Crippen LogP contribution is 2.78. The molecule has 4 saturated heterocycles. The molecule has 0 aromatic carbocycles. The van der Waals surface area contributed by atoms with E-state index in [1.807, 2.05) is 20.8 Å². The van der Waals surface area contributed by atoms with Gasteiger partial charge in [-0.15, -0.1) is 0 Å². The molecule has 8 rings (SSSR count). The third-order valence-corrected chi connectivity index (χ3v) is 19.2. The van der Waals surface area contributed by atoms with E-state index in [-0.39, 0.29) is 43.4 Å². The van der Waals surface area contributed by atoms with Crippen molar-refractivity contribution < 1.29 is 104 Å². The molecule has 4 saturated carbocycles. The van der Waals surface area contributed by atoms with Crippen LogP contribution in [-0.2, 0) is 42.7 Å². The Morgan fingerprint density at radius 3 is 1.99 bits per heavy atom. The van der Waals surface area contributed by atoms with Crippen molar-refractivity contribution in [1.82, 2.24) is 0 Å². The second kappa shape index (κ2) is 18.7. The van der Waals surface area contributed by atoms with Crippen molar-refractivity contribution in [1.29, 1.82) is 0 Å². The van der Waals surface area contributed by atoms with E-state index in [4.69, 9.17) is 33.2 Å². The molecule has 27 atom stereocenters. The first-order valence-electron chi connectivity index (χ1n) is 24.5. The minimum Gasteiger partial charge on any atom is -0.481 e. The lowest BCUT2D eigenvalue weighted by Crippen LogP contribution is -2.70. The number of carbonyl (C=O) groups is 2. The summed E-state index contributed by atoms with van der Waals surface area (Å²) in [6.45, 7) is 16.4. The molecule has 8 fully saturated rings. The van der Waals surface area contributed by atoms with Crippen molar-refractivity contribution in [2.45, 2.75) is 209 Å². The molecule has 4 aliphatic carbocycles. The summed E-state index contributed by atoms with van der Waals surface area (Å²) in [6.07, 6.45) is -26.0. The highest BCUT2D eigenvalue weighted by Gasteiger charge is 2.77. The molecular formula is C48H76O21. The number of aliphatic hydroxyl groups is 11. The molecule has 4 aliphatic heterocycles. The van der Waals surface area contributed by atoms with Gasteiger partial charge in [-0.3, -0.25) is 9.59 Å². The SMILES string of the molecule is C=C(C)[C@@H]1C[C@H](O)[C@]2(C(=O)O[C@@H]3O[C@H](CO[C@@H]4O[C@H](CO)[C@@H](O[C@@H]5O[C@@H](C)[C@H](O)[C@@H](O)[C@H]5O)[C@H](O)[C@H]4O)[C@@H](O)[C@H](O)[C@H]3O)CC[C@]3(C)[C@H](C[C@@H](O)[C@@H]4[C@@]5(C)[C@@H](CC(=O)O)OC(C)(C)[C@@H]5CC[C@]43C)[C@@H]12. The van der Waals surface area contributed by atoms with Crippen LogP contribution in [0.1, 0.15) is 93.4 Å². The zero-order valence-electron chi connectivity index (χ0n) is 40.4. The Kier molecular flexibility index (Phi) is 14.5. The monoisotopic (exact) mass is 988 g/mol. The summed E-state index contributed by atoms with van der Waals surface area (Å²) in [6, 6.07) is 0. The maximum absolute atomic E-state index is 15.0. The van der Waals surface area contributed by atoms with Gasteiger partial charge in [0.25, 0.3) is 0 Å². The number of aliphatic carboxylic acids is 1. The molecule has 69 heavy (non-hydrogen) atoms. The Morgan fingerprint density at radius 2 is 1.35 bits per heavy atom. The number of carboxylic acids is 1. The summed E-state index contributed by atoms with van der Waals surface area (Å²) < 4.78 is 41.0.